The molecule has 14 nitrogen and oxygen atoms in total. The van der Waals surface area contributed by atoms with Crippen molar-refractivity contribution in [1.29, 1.82) is 0 Å². The van der Waals surface area contributed by atoms with E-state index in [1.54, 1.807) is 39.0 Å². The molecule has 0 radical (unpaired) electrons. The third-order valence-corrected chi connectivity index (χ3v) is 9.67. The first-order valence-electron chi connectivity index (χ1n) is 18.3. The summed E-state index contributed by atoms with van der Waals surface area (Å²) in [4.78, 5) is 29.5. The molecule has 0 fully saturated rings. The number of nitrogens with zero attached hydrogens (tertiary/aromatic N) is 8. The summed E-state index contributed by atoms with van der Waals surface area (Å²) in [7, 11) is 7.29. The first-order valence-corrected chi connectivity index (χ1v) is 18.7. The Labute approximate surface area is 338 Å². The fourth-order valence-electron chi connectivity index (χ4n) is 6.04. The fraction of sp³-hybridized carbons (Fsp3) is 0.286. The van der Waals surface area contributed by atoms with Crippen LogP contribution in [0.5, 0.6) is 23.0 Å². The van der Waals surface area contributed by atoms with Gasteiger partial charge >= 0.3 is 0 Å². The summed E-state index contributed by atoms with van der Waals surface area (Å²) in [6, 6.07) is 20.2. The first-order chi connectivity index (χ1) is 27.4. The normalized spacial score (nSPS) is 15.2. The van der Waals surface area contributed by atoms with Crippen LogP contribution in [-0.4, -0.2) is 83.5 Å². The lowest BCUT2D eigenvalue weighted by molar-refractivity contribution is 0.271. The van der Waals surface area contributed by atoms with Crippen molar-refractivity contribution in [2.75, 3.05) is 62.4 Å². The zero-order chi connectivity index (χ0) is 40.6. The van der Waals surface area contributed by atoms with Gasteiger partial charge in [-0.2, -0.15) is 9.97 Å². The molecule has 4 aromatic heterocycles. The second-order valence-corrected chi connectivity index (χ2v) is 14.0. The Hall–Kier alpha value is -6.41. The maximum Gasteiger partial charge on any atom is 0.229 e. The van der Waals surface area contributed by atoms with Crippen molar-refractivity contribution in [2.24, 2.45) is 0 Å². The predicted molar refractivity (Wildman–Crippen MR) is 225 cm³/mol. The number of aromatic nitrogens is 6. The molecule has 2 aliphatic rings. The number of aryl methyl sites for hydroxylation is 2. The van der Waals surface area contributed by atoms with Crippen molar-refractivity contribution >= 4 is 40.6 Å². The van der Waals surface area contributed by atoms with Crippen LogP contribution in [0.2, 0.25) is 5.28 Å². The minimum absolute atomic E-state index is 0.253. The van der Waals surface area contributed by atoms with Gasteiger partial charge in [0, 0.05) is 72.5 Å². The van der Waals surface area contributed by atoms with Gasteiger partial charge < -0.3 is 39.8 Å². The quantitative estimate of drug-likeness (QED) is 0.124. The molecule has 6 heterocycles. The van der Waals surface area contributed by atoms with Crippen LogP contribution in [0.25, 0.3) is 22.3 Å². The van der Waals surface area contributed by atoms with E-state index in [-0.39, 0.29) is 11.3 Å². The number of benzene rings is 2. The summed E-state index contributed by atoms with van der Waals surface area (Å²) in [5, 5.41) is 3.51. The Balaban J connectivity index is 0.000000160. The zero-order valence-electron chi connectivity index (χ0n) is 33.3. The Bertz CT molecular complexity index is 2330. The van der Waals surface area contributed by atoms with E-state index in [2.05, 4.69) is 54.0 Å². The predicted octanol–water partition coefficient (Wildman–Crippen LogP) is 7.81. The third kappa shape index (κ3) is 9.70. The number of hydrogen-bond acceptors (Lipinski definition) is 14. The number of likely N-dealkylation sites (N-methyl/N-ethyl adjacent to an activating group) is 2. The Morgan fingerprint density at radius 3 is 1.79 bits per heavy atom. The molecule has 0 spiro atoms. The van der Waals surface area contributed by atoms with Gasteiger partial charge in [-0.25, -0.2) is 9.97 Å². The van der Waals surface area contributed by atoms with Crippen molar-refractivity contribution < 1.29 is 18.9 Å². The molecule has 57 heavy (non-hydrogen) atoms. The van der Waals surface area contributed by atoms with Crippen LogP contribution in [0.3, 0.4) is 0 Å². The van der Waals surface area contributed by atoms with Crippen LogP contribution in [0.1, 0.15) is 25.2 Å². The van der Waals surface area contributed by atoms with Gasteiger partial charge in [0.15, 0.2) is 23.1 Å². The average Bonchev–Trinajstić information content (AvgIpc) is 3.21. The molecule has 0 bridgehead atoms. The minimum atomic E-state index is 0.253. The molecule has 6 aromatic rings. The number of halogens is 1. The number of fused-ring (bicyclic) bond motifs is 2. The molecule has 15 heteroatoms. The maximum atomic E-state index is 5.72. The number of nitrogens with two attached hydrogens (primary N) is 1. The molecular formula is C42H47ClN10O4. The summed E-state index contributed by atoms with van der Waals surface area (Å²) in [6.07, 6.45) is 6.91. The van der Waals surface area contributed by atoms with E-state index in [1.807, 2.05) is 93.5 Å². The van der Waals surface area contributed by atoms with Crippen LogP contribution in [0.15, 0.2) is 85.5 Å². The molecule has 0 saturated heterocycles. The monoisotopic (exact) mass is 790 g/mol. The summed E-state index contributed by atoms with van der Waals surface area (Å²) < 4.78 is 22.1. The highest BCUT2D eigenvalue weighted by Crippen LogP contribution is 2.36. The number of pyridine rings is 2. The second kappa shape index (κ2) is 18.0. The van der Waals surface area contributed by atoms with Crippen molar-refractivity contribution in [1.82, 2.24) is 29.9 Å². The van der Waals surface area contributed by atoms with Crippen LogP contribution in [-0.2, 0) is 0 Å². The van der Waals surface area contributed by atoms with Crippen molar-refractivity contribution in [3.8, 4) is 45.3 Å². The third-order valence-electron chi connectivity index (χ3n) is 9.49. The van der Waals surface area contributed by atoms with E-state index >= 15 is 0 Å². The average molecular weight is 791 g/mol. The number of anilines is 5. The molecule has 2 atom stereocenters. The first kappa shape index (κ1) is 40.3. The number of hydrogen-bond donors (Lipinski definition) is 2. The molecule has 0 aliphatic carbocycles. The van der Waals surface area contributed by atoms with Gasteiger partial charge in [0.1, 0.15) is 24.7 Å². The van der Waals surface area contributed by atoms with E-state index in [9.17, 15) is 0 Å². The lowest BCUT2D eigenvalue weighted by Crippen LogP contribution is -2.38. The van der Waals surface area contributed by atoms with Gasteiger partial charge in [-0.3, -0.25) is 9.97 Å². The van der Waals surface area contributed by atoms with E-state index < -0.39 is 0 Å². The molecular weight excluding hydrogens is 744 g/mol. The molecule has 8 rings (SSSR count). The molecule has 2 aliphatic heterocycles. The highest BCUT2D eigenvalue weighted by molar-refractivity contribution is 6.28. The largest absolute Gasteiger partial charge is 0.496 e. The number of ether oxygens (including phenoxy) is 4. The Morgan fingerprint density at radius 1 is 0.702 bits per heavy atom. The highest BCUT2D eigenvalue weighted by atomic mass is 35.5. The van der Waals surface area contributed by atoms with Crippen LogP contribution < -0.4 is 39.8 Å². The lowest BCUT2D eigenvalue weighted by Gasteiger charge is -2.32. The Kier molecular flexibility index (Phi) is 12.7. The molecule has 2 unspecified atom stereocenters. The fourth-order valence-corrected chi connectivity index (χ4v) is 6.17. The van der Waals surface area contributed by atoms with Crippen LogP contribution >= 0.6 is 11.6 Å². The number of rotatable bonds is 6. The SMILES string of the molecule is CC1COc2cnc(Cl)nc2N1C.COc1cc(N)ccc1-c1ccnc(C)c1.COc1cc(Nc2ncc3c(n2)N(C)C(C)CO3)ccc1-c1ccnc(C)c1. The zero-order valence-corrected chi connectivity index (χ0v) is 34.1. The van der Waals surface area contributed by atoms with Gasteiger partial charge in [-0.15, -0.1) is 0 Å². The molecule has 3 N–H and O–H groups in total. The number of nitrogen functional groups attached to an aromatic ring is 1. The van der Waals surface area contributed by atoms with Crippen molar-refractivity contribution in [3.05, 3.63) is 102 Å². The van der Waals surface area contributed by atoms with Gasteiger partial charge in [0.2, 0.25) is 11.2 Å². The van der Waals surface area contributed by atoms with Gasteiger partial charge in [0.25, 0.3) is 0 Å². The van der Waals surface area contributed by atoms with E-state index in [4.69, 9.17) is 36.3 Å². The molecule has 0 saturated carbocycles. The maximum absolute atomic E-state index is 5.72. The van der Waals surface area contributed by atoms with E-state index in [1.165, 1.54) is 0 Å². The Morgan fingerprint density at radius 2 is 1.23 bits per heavy atom. The molecule has 2 aromatic carbocycles. The van der Waals surface area contributed by atoms with Gasteiger partial charge in [0.05, 0.1) is 38.7 Å². The van der Waals surface area contributed by atoms with Gasteiger partial charge in [-0.1, -0.05) is 0 Å². The summed E-state index contributed by atoms with van der Waals surface area (Å²) in [5.41, 5.74) is 13.4. The van der Waals surface area contributed by atoms with Gasteiger partial charge in [-0.05, 0) is 99.0 Å². The lowest BCUT2D eigenvalue weighted by atomic mass is 10.0. The topological polar surface area (TPSA) is 159 Å². The number of methoxy groups -OCH3 is 2. The standard InChI is InChI=1S/C21H23N5O2.C13H14N2O.C8H10ClN3O/c1-13-9-15(7-8-22-13)17-6-5-16(10-18(17)27-4)24-21-23-11-19-20(25-21)26(3)14(2)12-28-19;1-9-7-10(5-6-15-9)12-4-3-11(14)8-13(12)16-2;1-5-4-13-6-3-10-8(9)11-7(6)12(5)2/h5-11,14H,12H2,1-4H3,(H,23,24,25);3-8H,14H2,1-2H3;3,5H,4H2,1-2H3. The van der Waals surface area contributed by atoms with E-state index in [0.29, 0.717) is 42.4 Å². The smallest absolute Gasteiger partial charge is 0.229 e. The van der Waals surface area contributed by atoms with Crippen LogP contribution in [0.4, 0.5) is 29.0 Å². The van der Waals surface area contributed by atoms with Crippen molar-refractivity contribution in [2.45, 2.75) is 39.8 Å². The summed E-state index contributed by atoms with van der Waals surface area (Å²) in [6.45, 7) is 9.40. The minimum Gasteiger partial charge on any atom is -0.496 e. The highest BCUT2D eigenvalue weighted by Gasteiger charge is 2.24. The summed E-state index contributed by atoms with van der Waals surface area (Å²) >= 11 is 5.69. The van der Waals surface area contributed by atoms with Crippen molar-refractivity contribution in [3.63, 3.8) is 0 Å². The second-order valence-electron chi connectivity index (χ2n) is 13.6. The number of nitrogens with one attached hydrogen (secondary N) is 1. The van der Waals surface area contributed by atoms with Crippen LogP contribution in [0, 0.1) is 13.8 Å². The van der Waals surface area contributed by atoms with E-state index in [0.717, 1.165) is 62.5 Å². The summed E-state index contributed by atoms with van der Waals surface area (Å²) in [5.74, 6) is 5.01. The molecule has 0 amide bonds. The molecule has 296 valence electrons.